The highest BCUT2D eigenvalue weighted by atomic mass is 16.6. The third-order valence-electron chi connectivity index (χ3n) is 8.12. The number of benzene rings is 3. The highest BCUT2D eigenvalue weighted by Gasteiger charge is 2.41. The van der Waals surface area contributed by atoms with Crippen molar-refractivity contribution in [3.63, 3.8) is 0 Å². The number of carbonyl (C=O) groups excluding carboxylic acids is 4. The second-order valence-corrected chi connectivity index (χ2v) is 13.1. The highest BCUT2D eigenvalue weighted by Crippen LogP contribution is 2.27. The summed E-state index contributed by atoms with van der Waals surface area (Å²) in [5.74, 6) is -1.69. The Morgan fingerprint density at radius 1 is 0.936 bits per heavy atom. The molecule has 0 unspecified atom stereocenters. The summed E-state index contributed by atoms with van der Waals surface area (Å²) in [7, 11) is 1.70. The Morgan fingerprint density at radius 2 is 1.55 bits per heavy atom. The number of aliphatic hydroxyl groups is 1. The highest BCUT2D eigenvalue weighted by molar-refractivity contribution is 6.08. The lowest BCUT2D eigenvalue weighted by molar-refractivity contribution is -0.155. The lowest BCUT2D eigenvalue weighted by Crippen LogP contribution is -2.54. The van der Waals surface area contributed by atoms with Gasteiger partial charge in [-0.25, -0.2) is 0 Å². The van der Waals surface area contributed by atoms with E-state index >= 15 is 0 Å². The van der Waals surface area contributed by atoms with Crippen LogP contribution in [0, 0.1) is 0 Å². The number of aliphatic hydroxyl groups excluding tert-OH is 1. The molecule has 0 radical (unpaired) electrons. The van der Waals surface area contributed by atoms with Crippen LogP contribution in [0.3, 0.4) is 0 Å². The molecule has 2 N–H and O–H groups in total. The van der Waals surface area contributed by atoms with E-state index in [0.29, 0.717) is 23.0 Å². The Hall–Kier alpha value is -4.96. The molecule has 1 fully saturated rings. The summed E-state index contributed by atoms with van der Waals surface area (Å²) >= 11 is 0. The lowest BCUT2D eigenvalue weighted by Gasteiger charge is -2.28. The molecule has 0 bridgehead atoms. The quantitative estimate of drug-likeness (QED) is 0.254. The van der Waals surface area contributed by atoms with Crippen molar-refractivity contribution in [2.45, 2.75) is 70.5 Å². The van der Waals surface area contributed by atoms with Gasteiger partial charge in [-0.15, -0.1) is 0 Å². The first-order chi connectivity index (χ1) is 22.4. The van der Waals surface area contributed by atoms with Gasteiger partial charge < -0.3 is 29.5 Å². The number of esters is 1. The molecule has 10 heteroatoms. The number of para-hydroxylation sites is 1. The first-order valence-corrected chi connectivity index (χ1v) is 15.8. The zero-order chi connectivity index (χ0) is 33.7. The summed E-state index contributed by atoms with van der Waals surface area (Å²) < 4.78 is 7.16. The minimum Gasteiger partial charge on any atom is -0.459 e. The summed E-state index contributed by atoms with van der Waals surface area (Å²) in [6, 6.07) is 24.3. The van der Waals surface area contributed by atoms with E-state index in [0.717, 1.165) is 11.1 Å². The van der Waals surface area contributed by atoms with Gasteiger partial charge in [-0.05, 0) is 38.0 Å². The molecule has 0 spiro atoms. The number of hydrogen-bond donors (Lipinski definition) is 2. The van der Waals surface area contributed by atoms with E-state index in [1.54, 1.807) is 55.6 Å². The van der Waals surface area contributed by atoms with E-state index in [4.69, 9.17) is 4.74 Å². The SMILES string of the molecule is CN(Cc1ccccc1)C(=O)[C@H](Cc1ccccc1)NC(=O)[C@@H]1C[C@@H](O)CN1C(=O)c1cn(CC(=O)OC(C)(C)C)c2ccccc12. The van der Waals surface area contributed by atoms with Crippen LogP contribution in [0.25, 0.3) is 10.9 Å². The number of aromatic nitrogens is 1. The summed E-state index contributed by atoms with van der Waals surface area (Å²) in [6.07, 6.45) is 0.956. The first-order valence-electron chi connectivity index (χ1n) is 15.8. The van der Waals surface area contributed by atoms with Gasteiger partial charge in [0.2, 0.25) is 11.8 Å². The van der Waals surface area contributed by atoms with Crippen LogP contribution >= 0.6 is 0 Å². The van der Waals surface area contributed by atoms with Gasteiger partial charge in [0, 0.05) is 50.1 Å². The number of nitrogens with zero attached hydrogens (tertiary/aromatic N) is 3. The van der Waals surface area contributed by atoms with Crippen molar-refractivity contribution in [1.82, 2.24) is 19.7 Å². The molecular weight excluding hydrogens is 596 g/mol. The van der Waals surface area contributed by atoms with E-state index in [9.17, 15) is 24.3 Å². The predicted octanol–water partition coefficient (Wildman–Crippen LogP) is 3.94. The van der Waals surface area contributed by atoms with Crippen LogP contribution in [0.4, 0.5) is 0 Å². The monoisotopic (exact) mass is 638 g/mol. The van der Waals surface area contributed by atoms with E-state index in [1.807, 2.05) is 72.8 Å². The minimum atomic E-state index is -1.00. The predicted molar refractivity (Wildman–Crippen MR) is 178 cm³/mol. The van der Waals surface area contributed by atoms with Crippen molar-refractivity contribution in [2.75, 3.05) is 13.6 Å². The number of β-amino-alcohol motifs (C(OH)–C–C–N with tert-alkyl or cyclic N) is 1. The maximum Gasteiger partial charge on any atom is 0.326 e. The van der Waals surface area contributed by atoms with Gasteiger partial charge in [0.05, 0.1) is 11.7 Å². The third-order valence-corrected chi connectivity index (χ3v) is 8.12. The van der Waals surface area contributed by atoms with Gasteiger partial charge in [0.1, 0.15) is 24.2 Å². The average Bonchev–Trinajstić information content (AvgIpc) is 3.60. The van der Waals surface area contributed by atoms with Crippen molar-refractivity contribution in [3.05, 3.63) is 108 Å². The van der Waals surface area contributed by atoms with Crippen LogP contribution in [0.2, 0.25) is 0 Å². The number of ether oxygens (including phenoxy) is 1. The normalized spacial score (nSPS) is 16.9. The first kappa shape index (κ1) is 33.4. The number of rotatable bonds is 10. The number of likely N-dealkylation sites (tertiary alicyclic amines) is 1. The molecule has 0 saturated carbocycles. The van der Waals surface area contributed by atoms with Crippen LogP contribution in [0.1, 0.15) is 48.7 Å². The Morgan fingerprint density at radius 3 is 2.21 bits per heavy atom. The van der Waals surface area contributed by atoms with Gasteiger partial charge in [-0.3, -0.25) is 19.2 Å². The molecular formula is C37H42N4O6. The molecule has 1 aromatic heterocycles. The Balaban J connectivity index is 1.38. The van der Waals surface area contributed by atoms with Crippen molar-refractivity contribution in [2.24, 2.45) is 0 Å². The van der Waals surface area contributed by atoms with Crippen LogP contribution < -0.4 is 5.32 Å². The number of carbonyl (C=O) groups is 4. The standard InChI is InChI=1S/C37H42N4O6/c1-37(2,3)47-33(43)24-40-23-29(28-17-11-12-18-31(28)40)35(45)41-22-27(42)20-32(41)34(44)38-30(19-25-13-7-5-8-14-25)36(46)39(4)21-26-15-9-6-10-16-26/h5-18,23,27,30,32,42H,19-22,24H2,1-4H3,(H,38,44)/t27-,30+,32+/m1/s1. The molecule has 0 aliphatic carbocycles. The second-order valence-electron chi connectivity index (χ2n) is 13.1. The molecule has 10 nitrogen and oxygen atoms in total. The summed E-state index contributed by atoms with van der Waals surface area (Å²) in [6.45, 7) is 5.58. The molecule has 3 aromatic carbocycles. The number of fused-ring (bicyclic) bond motifs is 1. The molecule has 4 aromatic rings. The van der Waals surface area contributed by atoms with E-state index in [2.05, 4.69) is 5.32 Å². The van der Waals surface area contributed by atoms with Crippen molar-refractivity contribution in [1.29, 1.82) is 0 Å². The molecule has 3 atom stereocenters. The van der Waals surface area contributed by atoms with Crippen LogP contribution in [0.15, 0.2) is 91.1 Å². The summed E-state index contributed by atoms with van der Waals surface area (Å²) in [5.41, 5.74) is 2.13. The van der Waals surface area contributed by atoms with Gasteiger partial charge in [-0.2, -0.15) is 0 Å². The van der Waals surface area contributed by atoms with Gasteiger partial charge in [0.15, 0.2) is 0 Å². The van der Waals surface area contributed by atoms with Crippen LogP contribution in [0.5, 0.6) is 0 Å². The Labute approximate surface area is 274 Å². The smallest absolute Gasteiger partial charge is 0.326 e. The second kappa shape index (κ2) is 14.2. The maximum atomic E-state index is 14.1. The zero-order valence-electron chi connectivity index (χ0n) is 27.3. The number of likely N-dealkylation sites (N-methyl/N-ethyl adjacent to an activating group) is 1. The molecule has 47 heavy (non-hydrogen) atoms. The molecule has 5 rings (SSSR count). The number of amides is 3. The lowest BCUT2D eigenvalue weighted by atomic mass is 10.0. The Bertz CT molecular complexity index is 1730. The number of hydrogen-bond acceptors (Lipinski definition) is 6. The van der Waals surface area contributed by atoms with Crippen LogP contribution in [-0.2, 0) is 38.6 Å². The summed E-state index contributed by atoms with van der Waals surface area (Å²) in [5, 5.41) is 14.2. The third kappa shape index (κ3) is 8.26. The molecule has 1 aliphatic rings. The van der Waals surface area contributed by atoms with E-state index in [1.165, 1.54) is 4.90 Å². The van der Waals surface area contributed by atoms with Crippen molar-refractivity contribution < 1.29 is 29.0 Å². The van der Waals surface area contributed by atoms with Gasteiger partial charge in [-0.1, -0.05) is 78.9 Å². The van der Waals surface area contributed by atoms with E-state index in [-0.39, 0.29) is 31.8 Å². The zero-order valence-corrected chi connectivity index (χ0v) is 27.3. The fourth-order valence-electron chi connectivity index (χ4n) is 6.02. The Kier molecular flexibility index (Phi) is 10.1. The number of nitrogens with one attached hydrogen (secondary N) is 1. The fourth-order valence-corrected chi connectivity index (χ4v) is 6.02. The van der Waals surface area contributed by atoms with Crippen molar-refractivity contribution in [3.8, 4) is 0 Å². The van der Waals surface area contributed by atoms with E-state index < -0.39 is 41.6 Å². The fraction of sp³-hybridized carbons (Fsp3) is 0.351. The molecule has 2 heterocycles. The van der Waals surface area contributed by atoms with Gasteiger partial charge >= 0.3 is 5.97 Å². The molecule has 1 aliphatic heterocycles. The molecule has 246 valence electrons. The maximum absolute atomic E-state index is 14.1. The summed E-state index contributed by atoms with van der Waals surface area (Å²) in [4.78, 5) is 57.4. The average molecular weight is 639 g/mol. The van der Waals surface area contributed by atoms with Crippen LogP contribution in [-0.4, -0.2) is 80.5 Å². The van der Waals surface area contributed by atoms with Crippen molar-refractivity contribution >= 4 is 34.6 Å². The molecule has 1 saturated heterocycles. The molecule has 3 amide bonds. The topological polar surface area (TPSA) is 121 Å². The largest absolute Gasteiger partial charge is 0.459 e. The minimum absolute atomic E-state index is 0.0280. The van der Waals surface area contributed by atoms with Gasteiger partial charge in [0.25, 0.3) is 5.91 Å².